The molecule has 8 heteroatoms. The Kier molecular flexibility index (Phi) is 5.43. The predicted octanol–water partition coefficient (Wildman–Crippen LogP) is 0.883. The lowest BCUT2D eigenvalue weighted by atomic mass is 9.87. The highest BCUT2D eigenvalue weighted by molar-refractivity contribution is 5.92. The first-order valence-corrected chi connectivity index (χ1v) is 7.34. The van der Waals surface area contributed by atoms with Crippen molar-refractivity contribution in [2.45, 2.75) is 12.3 Å². The van der Waals surface area contributed by atoms with Crippen molar-refractivity contribution in [2.24, 2.45) is 5.73 Å². The van der Waals surface area contributed by atoms with Gasteiger partial charge < -0.3 is 25.3 Å². The van der Waals surface area contributed by atoms with Crippen LogP contribution in [0, 0.1) is 0 Å². The molecule has 1 heterocycles. The van der Waals surface area contributed by atoms with Crippen molar-refractivity contribution in [1.82, 2.24) is 4.98 Å². The van der Waals surface area contributed by atoms with Crippen LogP contribution in [0.3, 0.4) is 0 Å². The zero-order chi connectivity index (χ0) is 18.6. The Bertz CT molecular complexity index is 841. The number of nitrogens with one attached hydrogen (secondary N) is 1. The molecule has 1 aromatic carbocycles. The third-order valence-electron chi connectivity index (χ3n) is 3.78. The topological polar surface area (TPSA) is 132 Å². The molecule has 2 aromatic rings. The quantitative estimate of drug-likeness (QED) is 0.665. The molecular formula is C17H18N2O6. The van der Waals surface area contributed by atoms with Crippen LogP contribution in [0.4, 0.5) is 0 Å². The minimum atomic E-state index is -0.836. The summed E-state index contributed by atoms with van der Waals surface area (Å²) < 4.78 is 9.66. The van der Waals surface area contributed by atoms with E-state index < -0.39 is 29.1 Å². The van der Waals surface area contributed by atoms with Crippen LogP contribution in [0.25, 0.3) is 0 Å². The molecule has 8 nitrogen and oxygen atoms in total. The first kappa shape index (κ1) is 18.1. The molecule has 2 rings (SSSR count). The maximum atomic E-state index is 12.3. The van der Waals surface area contributed by atoms with Crippen molar-refractivity contribution in [3.8, 4) is 11.5 Å². The standard InChI is InChI=1S/C17H18N2O6/c1-24-10-5-3-9(4-6-10)11(7-13(18)20)14-15(21)12(17(23)25-2)8-19-16(14)22/h3-6,8,11H,7H2,1-2H3,(H2,18,20)(H2,19,21,22). The van der Waals surface area contributed by atoms with Gasteiger partial charge in [0, 0.05) is 18.5 Å². The second-order valence-electron chi connectivity index (χ2n) is 5.28. The van der Waals surface area contributed by atoms with E-state index in [1.165, 1.54) is 7.11 Å². The lowest BCUT2D eigenvalue weighted by Gasteiger charge is -2.18. The average Bonchev–Trinajstić information content (AvgIpc) is 2.60. The lowest BCUT2D eigenvalue weighted by Crippen LogP contribution is -2.23. The Labute approximate surface area is 143 Å². The molecule has 0 radical (unpaired) electrons. The number of esters is 1. The SMILES string of the molecule is COC(=O)c1c[nH]c(=O)c(C(CC(N)=O)c2ccc(OC)cc2)c1O. The Hall–Kier alpha value is -3.29. The molecule has 1 atom stereocenters. The summed E-state index contributed by atoms with van der Waals surface area (Å²) in [5.74, 6) is -2.27. The van der Waals surface area contributed by atoms with E-state index in [1.807, 2.05) is 0 Å². The second kappa shape index (κ2) is 7.52. The van der Waals surface area contributed by atoms with Crippen molar-refractivity contribution in [2.75, 3.05) is 14.2 Å². The van der Waals surface area contributed by atoms with E-state index in [4.69, 9.17) is 10.5 Å². The number of nitrogens with two attached hydrogens (primary N) is 1. The van der Waals surface area contributed by atoms with Crippen LogP contribution < -0.4 is 16.0 Å². The summed E-state index contributed by atoms with van der Waals surface area (Å²) in [5, 5.41) is 10.4. The molecular weight excluding hydrogens is 328 g/mol. The van der Waals surface area contributed by atoms with Gasteiger partial charge in [-0.1, -0.05) is 12.1 Å². The normalized spacial score (nSPS) is 11.6. The molecule has 0 saturated carbocycles. The fourth-order valence-corrected chi connectivity index (χ4v) is 2.55. The molecule has 4 N–H and O–H groups in total. The van der Waals surface area contributed by atoms with E-state index in [9.17, 15) is 19.5 Å². The zero-order valence-electron chi connectivity index (χ0n) is 13.7. The van der Waals surface area contributed by atoms with Gasteiger partial charge >= 0.3 is 5.97 Å². The van der Waals surface area contributed by atoms with Crippen LogP contribution in [0.2, 0.25) is 0 Å². The summed E-state index contributed by atoms with van der Waals surface area (Å²) in [4.78, 5) is 37.9. The molecule has 1 unspecified atom stereocenters. The van der Waals surface area contributed by atoms with Gasteiger partial charge in [0.15, 0.2) is 0 Å². The molecule has 1 amide bonds. The molecule has 0 bridgehead atoms. The third-order valence-corrected chi connectivity index (χ3v) is 3.78. The van der Waals surface area contributed by atoms with Gasteiger partial charge in [-0.05, 0) is 17.7 Å². The van der Waals surface area contributed by atoms with E-state index >= 15 is 0 Å². The van der Waals surface area contributed by atoms with Gasteiger partial charge in [0.05, 0.1) is 19.8 Å². The van der Waals surface area contributed by atoms with Crippen LogP contribution in [-0.4, -0.2) is 36.2 Å². The number of methoxy groups -OCH3 is 2. The van der Waals surface area contributed by atoms with E-state index in [0.29, 0.717) is 11.3 Å². The highest BCUT2D eigenvalue weighted by Gasteiger charge is 2.27. The predicted molar refractivity (Wildman–Crippen MR) is 88.7 cm³/mol. The number of hydrogen-bond acceptors (Lipinski definition) is 6. The van der Waals surface area contributed by atoms with Gasteiger partial charge in [-0.3, -0.25) is 9.59 Å². The molecule has 0 fully saturated rings. The number of benzene rings is 1. The summed E-state index contributed by atoms with van der Waals surface area (Å²) in [6.07, 6.45) is 0.829. The largest absolute Gasteiger partial charge is 0.506 e. The molecule has 0 aliphatic carbocycles. The molecule has 0 aliphatic rings. The van der Waals surface area contributed by atoms with E-state index in [-0.39, 0.29) is 17.5 Å². The van der Waals surface area contributed by atoms with E-state index in [0.717, 1.165) is 13.3 Å². The van der Waals surface area contributed by atoms with Crippen molar-refractivity contribution < 1.29 is 24.2 Å². The number of ether oxygens (including phenoxy) is 2. The van der Waals surface area contributed by atoms with Crippen LogP contribution in [0.1, 0.15) is 33.8 Å². The van der Waals surface area contributed by atoms with Crippen LogP contribution in [0.15, 0.2) is 35.3 Å². The number of rotatable bonds is 6. The summed E-state index contributed by atoms with van der Waals surface area (Å²) in [6, 6.07) is 6.60. The van der Waals surface area contributed by atoms with Crippen LogP contribution >= 0.6 is 0 Å². The zero-order valence-corrected chi connectivity index (χ0v) is 13.7. The van der Waals surface area contributed by atoms with Crippen molar-refractivity contribution in [3.05, 3.63) is 57.5 Å². The number of carbonyl (C=O) groups excluding carboxylic acids is 2. The Morgan fingerprint density at radius 2 is 1.88 bits per heavy atom. The van der Waals surface area contributed by atoms with E-state index in [1.54, 1.807) is 24.3 Å². The first-order valence-electron chi connectivity index (χ1n) is 7.34. The number of H-pyrrole nitrogens is 1. The minimum Gasteiger partial charge on any atom is -0.506 e. The fourth-order valence-electron chi connectivity index (χ4n) is 2.55. The molecule has 0 aliphatic heterocycles. The maximum absolute atomic E-state index is 12.3. The van der Waals surface area contributed by atoms with Gasteiger partial charge in [0.2, 0.25) is 5.91 Å². The summed E-state index contributed by atoms with van der Waals surface area (Å²) in [5.41, 5.74) is 4.88. The number of aromatic amines is 1. The van der Waals surface area contributed by atoms with Gasteiger partial charge in [0.25, 0.3) is 5.56 Å². The lowest BCUT2D eigenvalue weighted by molar-refractivity contribution is -0.118. The summed E-state index contributed by atoms with van der Waals surface area (Å²) in [6.45, 7) is 0. The molecule has 0 saturated heterocycles. The number of aromatic nitrogens is 1. The van der Waals surface area contributed by atoms with Crippen molar-refractivity contribution in [1.29, 1.82) is 0 Å². The smallest absolute Gasteiger partial charge is 0.343 e. The number of aromatic hydroxyl groups is 1. The maximum Gasteiger partial charge on any atom is 0.343 e. The van der Waals surface area contributed by atoms with Gasteiger partial charge in [-0.25, -0.2) is 4.79 Å². The van der Waals surface area contributed by atoms with Crippen molar-refractivity contribution >= 4 is 11.9 Å². The number of amides is 1. The third kappa shape index (κ3) is 3.79. The second-order valence-corrected chi connectivity index (χ2v) is 5.28. The number of primary amides is 1. The molecule has 0 spiro atoms. The molecule has 132 valence electrons. The highest BCUT2D eigenvalue weighted by Crippen LogP contribution is 2.34. The summed E-state index contributed by atoms with van der Waals surface area (Å²) in [7, 11) is 2.66. The summed E-state index contributed by atoms with van der Waals surface area (Å²) >= 11 is 0. The number of carbonyl (C=O) groups is 2. The number of hydrogen-bond donors (Lipinski definition) is 3. The Morgan fingerprint density at radius 3 is 2.40 bits per heavy atom. The Morgan fingerprint density at radius 1 is 1.24 bits per heavy atom. The van der Waals surface area contributed by atoms with Gasteiger partial charge in [-0.2, -0.15) is 0 Å². The Balaban J connectivity index is 2.63. The van der Waals surface area contributed by atoms with Crippen LogP contribution in [0.5, 0.6) is 11.5 Å². The van der Waals surface area contributed by atoms with Gasteiger partial charge in [-0.15, -0.1) is 0 Å². The first-order chi connectivity index (χ1) is 11.9. The molecule has 25 heavy (non-hydrogen) atoms. The number of pyridine rings is 1. The minimum absolute atomic E-state index is 0.133. The average molecular weight is 346 g/mol. The monoisotopic (exact) mass is 346 g/mol. The fraction of sp³-hybridized carbons (Fsp3) is 0.235. The van der Waals surface area contributed by atoms with Crippen LogP contribution in [-0.2, 0) is 9.53 Å². The molecule has 1 aromatic heterocycles. The highest BCUT2D eigenvalue weighted by atomic mass is 16.5. The van der Waals surface area contributed by atoms with Crippen molar-refractivity contribution in [3.63, 3.8) is 0 Å². The van der Waals surface area contributed by atoms with Gasteiger partial charge in [0.1, 0.15) is 17.1 Å². The van der Waals surface area contributed by atoms with E-state index in [2.05, 4.69) is 9.72 Å².